The Balaban J connectivity index is 2.14. The molecule has 2 rings (SSSR count). The summed E-state index contributed by atoms with van der Waals surface area (Å²) in [6.07, 6.45) is 0. The van der Waals surface area contributed by atoms with Crippen molar-refractivity contribution >= 4 is 17.0 Å². The molecule has 1 aromatic carbocycles. The summed E-state index contributed by atoms with van der Waals surface area (Å²) in [6, 6.07) is 8.19. The molecule has 0 aliphatic carbocycles. The van der Waals surface area contributed by atoms with Gasteiger partial charge in [0, 0.05) is 10.9 Å². The average molecular weight is 265 g/mol. The number of benzene rings is 1. The van der Waals surface area contributed by atoms with Crippen molar-refractivity contribution in [2.24, 2.45) is 0 Å². The van der Waals surface area contributed by atoms with Crippen LogP contribution in [-0.4, -0.2) is 12.0 Å². The minimum absolute atomic E-state index is 0.0182. The van der Waals surface area contributed by atoms with Gasteiger partial charge in [-0.2, -0.15) is 0 Å². The van der Waals surface area contributed by atoms with Crippen molar-refractivity contribution in [3.63, 3.8) is 0 Å². The quantitative estimate of drug-likeness (QED) is 0.615. The van der Waals surface area contributed by atoms with E-state index in [1.807, 2.05) is 17.5 Å². The van der Waals surface area contributed by atoms with Crippen molar-refractivity contribution in [1.82, 2.24) is 0 Å². The number of ether oxygens (including phenoxy) is 2. The zero-order valence-electron chi connectivity index (χ0n) is 9.66. The van der Waals surface area contributed by atoms with Crippen molar-refractivity contribution in [1.29, 1.82) is 0 Å². The Morgan fingerprint density at radius 1 is 1.33 bits per heavy atom. The van der Waals surface area contributed by atoms with Crippen LogP contribution < -0.4 is 9.47 Å². The molecule has 0 saturated heterocycles. The summed E-state index contributed by atoms with van der Waals surface area (Å²) in [4.78, 5) is 11.2. The van der Waals surface area contributed by atoms with E-state index in [1.165, 1.54) is 19.2 Å². The number of non-ortho nitro benzene ring substituents is 1. The Hall–Kier alpha value is -2.08. The minimum Gasteiger partial charge on any atom is -0.493 e. The Morgan fingerprint density at radius 3 is 2.78 bits per heavy atom. The first-order valence-electron chi connectivity index (χ1n) is 5.18. The summed E-state index contributed by atoms with van der Waals surface area (Å²) in [7, 11) is 1.46. The number of nitro benzene ring substituents is 1. The summed E-state index contributed by atoms with van der Waals surface area (Å²) < 4.78 is 10.6. The van der Waals surface area contributed by atoms with Crippen molar-refractivity contribution < 1.29 is 14.4 Å². The highest BCUT2D eigenvalue weighted by Crippen LogP contribution is 2.31. The summed E-state index contributed by atoms with van der Waals surface area (Å²) in [5.41, 5.74) is -0.0182. The predicted molar refractivity (Wildman–Crippen MR) is 68.3 cm³/mol. The zero-order valence-corrected chi connectivity index (χ0v) is 10.5. The normalized spacial score (nSPS) is 10.1. The molecule has 0 atom stereocenters. The molecule has 1 aromatic heterocycles. The Bertz CT molecular complexity index is 539. The van der Waals surface area contributed by atoms with Gasteiger partial charge in [0.15, 0.2) is 11.5 Å². The molecule has 94 valence electrons. The number of methoxy groups -OCH3 is 1. The fourth-order valence-corrected chi connectivity index (χ4v) is 2.05. The Morgan fingerprint density at radius 2 is 2.17 bits per heavy atom. The first kappa shape index (κ1) is 12.4. The maximum absolute atomic E-state index is 10.6. The van der Waals surface area contributed by atoms with Gasteiger partial charge in [0.1, 0.15) is 6.61 Å². The molecule has 1 heterocycles. The molecule has 0 saturated carbocycles. The third-order valence-electron chi connectivity index (χ3n) is 2.31. The van der Waals surface area contributed by atoms with Crippen LogP contribution in [0.1, 0.15) is 4.88 Å². The van der Waals surface area contributed by atoms with E-state index in [0.717, 1.165) is 4.88 Å². The number of hydrogen-bond donors (Lipinski definition) is 0. The third kappa shape index (κ3) is 2.78. The molecule has 0 aliphatic rings. The van der Waals surface area contributed by atoms with Crippen LogP contribution in [0.25, 0.3) is 0 Å². The molecule has 0 unspecified atom stereocenters. The fraction of sp³-hybridized carbons (Fsp3) is 0.167. The van der Waals surface area contributed by atoms with E-state index in [1.54, 1.807) is 17.4 Å². The zero-order chi connectivity index (χ0) is 13.0. The Labute approximate surface area is 108 Å². The van der Waals surface area contributed by atoms with Crippen LogP contribution in [-0.2, 0) is 6.61 Å². The average Bonchev–Trinajstić information content (AvgIpc) is 2.89. The van der Waals surface area contributed by atoms with Crippen molar-refractivity contribution in [3.8, 4) is 11.5 Å². The number of nitrogens with zero attached hydrogens (tertiary/aromatic N) is 1. The van der Waals surface area contributed by atoms with E-state index in [2.05, 4.69) is 0 Å². The van der Waals surface area contributed by atoms with E-state index in [9.17, 15) is 10.1 Å². The smallest absolute Gasteiger partial charge is 0.273 e. The largest absolute Gasteiger partial charge is 0.493 e. The van der Waals surface area contributed by atoms with E-state index in [0.29, 0.717) is 18.1 Å². The maximum atomic E-state index is 10.6. The number of hydrogen-bond acceptors (Lipinski definition) is 5. The molecule has 6 heteroatoms. The molecule has 5 nitrogen and oxygen atoms in total. The molecule has 0 bridgehead atoms. The molecule has 0 N–H and O–H groups in total. The topological polar surface area (TPSA) is 61.6 Å². The van der Waals surface area contributed by atoms with E-state index < -0.39 is 4.92 Å². The monoisotopic (exact) mass is 265 g/mol. The lowest BCUT2D eigenvalue weighted by atomic mass is 10.3. The van der Waals surface area contributed by atoms with Crippen molar-refractivity contribution in [3.05, 3.63) is 50.7 Å². The highest BCUT2D eigenvalue weighted by atomic mass is 32.1. The van der Waals surface area contributed by atoms with Crippen molar-refractivity contribution in [2.75, 3.05) is 7.11 Å². The number of nitro groups is 1. The molecule has 0 spiro atoms. The minimum atomic E-state index is -0.467. The summed E-state index contributed by atoms with van der Waals surface area (Å²) >= 11 is 1.59. The second-order valence-electron chi connectivity index (χ2n) is 3.46. The van der Waals surface area contributed by atoms with Crippen LogP contribution in [0, 0.1) is 10.1 Å². The molecule has 2 aromatic rings. The fourth-order valence-electron chi connectivity index (χ4n) is 1.43. The van der Waals surface area contributed by atoms with Gasteiger partial charge in [-0.3, -0.25) is 10.1 Å². The SMILES string of the molecule is COc1cc([N+](=O)[O-])ccc1OCc1cccs1. The van der Waals surface area contributed by atoms with Gasteiger partial charge >= 0.3 is 0 Å². The highest BCUT2D eigenvalue weighted by molar-refractivity contribution is 7.09. The summed E-state index contributed by atoms with van der Waals surface area (Å²) in [5.74, 6) is 0.859. The maximum Gasteiger partial charge on any atom is 0.273 e. The van der Waals surface area contributed by atoms with E-state index >= 15 is 0 Å². The van der Waals surface area contributed by atoms with Crippen LogP contribution in [0.5, 0.6) is 11.5 Å². The van der Waals surface area contributed by atoms with Gasteiger partial charge in [-0.05, 0) is 17.5 Å². The molecule has 0 radical (unpaired) electrons. The second-order valence-corrected chi connectivity index (χ2v) is 4.49. The van der Waals surface area contributed by atoms with Crippen LogP contribution in [0.2, 0.25) is 0 Å². The third-order valence-corrected chi connectivity index (χ3v) is 3.16. The van der Waals surface area contributed by atoms with Crippen LogP contribution in [0.3, 0.4) is 0 Å². The number of rotatable bonds is 5. The highest BCUT2D eigenvalue weighted by Gasteiger charge is 2.12. The lowest BCUT2D eigenvalue weighted by Crippen LogP contribution is -1.97. The molecule has 18 heavy (non-hydrogen) atoms. The van der Waals surface area contributed by atoms with Gasteiger partial charge in [-0.1, -0.05) is 6.07 Å². The van der Waals surface area contributed by atoms with Gasteiger partial charge in [0.05, 0.1) is 18.1 Å². The lowest BCUT2D eigenvalue weighted by molar-refractivity contribution is -0.385. The molecular weight excluding hydrogens is 254 g/mol. The second kappa shape index (κ2) is 5.50. The van der Waals surface area contributed by atoms with Crippen LogP contribution in [0.4, 0.5) is 5.69 Å². The van der Waals surface area contributed by atoms with Crippen molar-refractivity contribution in [2.45, 2.75) is 6.61 Å². The number of thiophene rings is 1. The Kier molecular flexibility index (Phi) is 3.78. The summed E-state index contributed by atoms with van der Waals surface area (Å²) in [5, 5.41) is 12.6. The first-order chi connectivity index (χ1) is 8.70. The van der Waals surface area contributed by atoms with Gasteiger partial charge in [-0.25, -0.2) is 0 Å². The van der Waals surface area contributed by atoms with Gasteiger partial charge in [0.2, 0.25) is 0 Å². The first-order valence-corrected chi connectivity index (χ1v) is 6.06. The lowest BCUT2D eigenvalue weighted by Gasteiger charge is -2.09. The van der Waals surface area contributed by atoms with E-state index in [4.69, 9.17) is 9.47 Å². The van der Waals surface area contributed by atoms with Crippen LogP contribution >= 0.6 is 11.3 Å². The molecular formula is C12H11NO4S. The van der Waals surface area contributed by atoms with Gasteiger partial charge in [0.25, 0.3) is 5.69 Å². The van der Waals surface area contributed by atoms with Gasteiger partial charge < -0.3 is 9.47 Å². The molecule has 0 fully saturated rings. The summed E-state index contributed by atoms with van der Waals surface area (Å²) in [6.45, 7) is 0.422. The molecule has 0 amide bonds. The van der Waals surface area contributed by atoms with E-state index in [-0.39, 0.29) is 5.69 Å². The van der Waals surface area contributed by atoms with Gasteiger partial charge in [-0.15, -0.1) is 11.3 Å². The van der Waals surface area contributed by atoms with Crippen LogP contribution in [0.15, 0.2) is 35.7 Å². The standard InChI is InChI=1S/C12H11NO4S/c1-16-12-7-9(13(14)15)4-5-11(12)17-8-10-3-2-6-18-10/h2-7H,8H2,1H3. The molecule has 0 aliphatic heterocycles. The predicted octanol–water partition coefficient (Wildman–Crippen LogP) is 3.24.